The van der Waals surface area contributed by atoms with Crippen molar-refractivity contribution in [3.8, 4) is 11.5 Å². The largest absolute Gasteiger partial charge is 0.504 e. The third-order valence-corrected chi connectivity index (χ3v) is 2.10. The van der Waals surface area contributed by atoms with Crippen LogP contribution < -0.4 is 0 Å². The van der Waals surface area contributed by atoms with E-state index in [-0.39, 0.29) is 11.5 Å². The zero-order valence-corrected chi connectivity index (χ0v) is 7.57. The molecule has 3 heteroatoms. The number of hydrogen-bond acceptors (Lipinski definition) is 2. The van der Waals surface area contributed by atoms with Crippen molar-refractivity contribution < 1.29 is 10.2 Å². The molecule has 3 N–H and O–H groups in total. The van der Waals surface area contributed by atoms with Gasteiger partial charge in [0.1, 0.15) is 0 Å². The Kier molecular flexibility index (Phi) is 2.14. The Hall–Kier alpha value is -1.90. The topological polar surface area (TPSA) is 56.2 Å². The van der Waals surface area contributed by atoms with Gasteiger partial charge in [-0.15, -0.1) is 0 Å². The number of phenolic OH excluding ortho intramolecular Hbond substituents is 2. The maximum Gasteiger partial charge on any atom is 0.157 e. The second-order valence-electron chi connectivity index (χ2n) is 3.20. The Morgan fingerprint density at radius 2 is 1.93 bits per heavy atom. The quantitative estimate of drug-likeness (QED) is 0.633. The molecule has 0 radical (unpaired) electrons. The van der Waals surface area contributed by atoms with Gasteiger partial charge in [0.25, 0.3) is 0 Å². The summed E-state index contributed by atoms with van der Waals surface area (Å²) >= 11 is 0. The van der Waals surface area contributed by atoms with E-state index in [1.165, 1.54) is 6.07 Å². The summed E-state index contributed by atoms with van der Waals surface area (Å²) in [5.41, 5.74) is 2.04. The van der Waals surface area contributed by atoms with E-state index in [1.54, 1.807) is 12.1 Å². The smallest absolute Gasteiger partial charge is 0.157 e. The fraction of sp³-hybridized carbons (Fsp3) is 0.0909. The Bertz CT molecular complexity index is 421. The van der Waals surface area contributed by atoms with Crippen LogP contribution >= 0.6 is 0 Å². The minimum atomic E-state index is -0.0831. The van der Waals surface area contributed by atoms with Gasteiger partial charge in [0.2, 0.25) is 0 Å². The van der Waals surface area contributed by atoms with Crippen LogP contribution in [0.15, 0.2) is 36.5 Å². The number of rotatable bonds is 2. The van der Waals surface area contributed by atoms with Gasteiger partial charge in [0, 0.05) is 18.3 Å². The van der Waals surface area contributed by atoms with Crippen molar-refractivity contribution >= 4 is 0 Å². The fourth-order valence-corrected chi connectivity index (χ4v) is 1.38. The molecular formula is C11H11NO2. The van der Waals surface area contributed by atoms with Crippen molar-refractivity contribution in [1.82, 2.24) is 4.98 Å². The average Bonchev–Trinajstić information content (AvgIpc) is 2.64. The fourth-order valence-electron chi connectivity index (χ4n) is 1.38. The Morgan fingerprint density at radius 1 is 1.07 bits per heavy atom. The monoisotopic (exact) mass is 189 g/mol. The minimum absolute atomic E-state index is 0.0749. The Morgan fingerprint density at radius 3 is 2.57 bits per heavy atom. The average molecular weight is 189 g/mol. The van der Waals surface area contributed by atoms with E-state index in [1.807, 2.05) is 18.3 Å². The van der Waals surface area contributed by atoms with E-state index in [0.717, 1.165) is 17.7 Å². The number of aromatic amines is 1. The normalized spacial score (nSPS) is 10.3. The van der Waals surface area contributed by atoms with Gasteiger partial charge in [-0.2, -0.15) is 0 Å². The van der Waals surface area contributed by atoms with E-state index in [9.17, 15) is 5.11 Å². The van der Waals surface area contributed by atoms with Gasteiger partial charge in [-0.3, -0.25) is 0 Å². The summed E-state index contributed by atoms with van der Waals surface area (Å²) in [4.78, 5) is 3.08. The molecule has 0 spiro atoms. The molecule has 1 aromatic carbocycles. The first-order chi connectivity index (χ1) is 6.75. The molecule has 14 heavy (non-hydrogen) atoms. The zero-order valence-electron chi connectivity index (χ0n) is 7.57. The molecule has 0 saturated carbocycles. The molecule has 72 valence electrons. The van der Waals surface area contributed by atoms with Crippen molar-refractivity contribution in [2.45, 2.75) is 6.42 Å². The summed E-state index contributed by atoms with van der Waals surface area (Å²) in [6.45, 7) is 0. The molecule has 0 unspecified atom stereocenters. The third-order valence-electron chi connectivity index (χ3n) is 2.10. The van der Waals surface area contributed by atoms with E-state index >= 15 is 0 Å². The lowest BCUT2D eigenvalue weighted by atomic mass is 10.1. The van der Waals surface area contributed by atoms with E-state index in [0.29, 0.717) is 0 Å². The van der Waals surface area contributed by atoms with Crippen LogP contribution in [0.4, 0.5) is 0 Å². The number of aromatic nitrogens is 1. The summed E-state index contributed by atoms with van der Waals surface area (Å²) < 4.78 is 0. The summed E-state index contributed by atoms with van der Waals surface area (Å²) in [7, 11) is 0. The lowest BCUT2D eigenvalue weighted by Gasteiger charge is -2.01. The summed E-state index contributed by atoms with van der Waals surface area (Å²) in [6, 6.07) is 8.75. The molecule has 3 nitrogen and oxygen atoms in total. The van der Waals surface area contributed by atoms with Crippen LogP contribution in [0.3, 0.4) is 0 Å². The van der Waals surface area contributed by atoms with Crippen LogP contribution in [0.1, 0.15) is 11.3 Å². The first kappa shape index (κ1) is 8.69. The first-order valence-corrected chi connectivity index (χ1v) is 4.39. The predicted molar refractivity (Wildman–Crippen MR) is 53.4 cm³/mol. The number of aromatic hydroxyl groups is 2. The number of phenols is 2. The van der Waals surface area contributed by atoms with Crippen LogP contribution in [-0.4, -0.2) is 15.2 Å². The van der Waals surface area contributed by atoms with Gasteiger partial charge in [-0.1, -0.05) is 6.07 Å². The van der Waals surface area contributed by atoms with E-state index < -0.39 is 0 Å². The number of hydrogen-bond donors (Lipinski definition) is 3. The maximum atomic E-state index is 9.27. The van der Waals surface area contributed by atoms with Crippen molar-refractivity contribution in [2.24, 2.45) is 0 Å². The minimum Gasteiger partial charge on any atom is -0.504 e. The van der Waals surface area contributed by atoms with Crippen LogP contribution in [0.5, 0.6) is 11.5 Å². The zero-order chi connectivity index (χ0) is 9.97. The number of benzene rings is 1. The standard InChI is InChI=1S/C11H11NO2/c13-10-4-3-8(7-11(10)14)6-9-2-1-5-12-9/h1-5,7,12-14H,6H2. The van der Waals surface area contributed by atoms with Gasteiger partial charge in [-0.05, 0) is 29.8 Å². The van der Waals surface area contributed by atoms with Crippen molar-refractivity contribution in [1.29, 1.82) is 0 Å². The van der Waals surface area contributed by atoms with Crippen LogP contribution in [0, 0.1) is 0 Å². The summed E-state index contributed by atoms with van der Waals surface area (Å²) in [6.07, 6.45) is 2.58. The summed E-state index contributed by atoms with van der Waals surface area (Å²) in [5.74, 6) is -0.158. The van der Waals surface area contributed by atoms with Crippen molar-refractivity contribution in [3.05, 3.63) is 47.8 Å². The highest BCUT2D eigenvalue weighted by molar-refractivity contribution is 5.41. The highest BCUT2D eigenvalue weighted by atomic mass is 16.3. The van der Waals surface area contributed by atoms with Crippen LogP contribution in [-0.2, 0) is 6.42 Å². The van der Waals surface area contributed by atoms with Gasteiger partial charge in [0.15, 0.2) is 11.5 Å². The molecule has 1 aromatic heterocycles. The predicted octanol–water partition coefficient (Wildman–Crippen LogP) is 2.02. The van der Waals surface area contributed by atoms with Gasteiger partial charge >= 0.3 is 0 Å². The molecule has 1 heterocycles. The molecule has 0 atom stereocenters. The lowest BCUT2D eigenvalue weighted by Crippen LogP contribution is -1.87. The Labute approximate surface area is 81.7 Å². The molecule has 0 saturated heterocycles. The molecule has 0 fully saturated rings. The molecule has 0 bridgehead atoms. The molecular weight excluding hydrogens is 178 g/mol. The number of nitrogens with one attached hydrogen (secondary N) is 1. The molecule has 0 aliphatic carbocycles. The van der Waals surface area contributed by atoms with Crippen LogP contribution in [0.2, 0.25) is 0 Å². The SMILES string of the molecule is Oc1ccc(Cc2ccc[nH]2)cc1O. The second-order valence-corrected chi connectivity index (χ2v) is 3.20. The van der Waals surface area contributed by atoms with E-state index in [4.69, 9.17) is 5.11 Å². The van der Waals surface area contributed by atoms with Gasteiger partial charge in [-0.25, -0.2) is 0 Å². The maximum absolute atomic E-state index is 9.27. The highest BCUT2D eigenvalue weighted by Gasteiger charge is 2.01. The van der Waals surface area contributed by atoms with Gasteiger partial charge in [0.05, 0.1) is 0 Å². The van der Waals surface area contributed by atoms with Crippen LogP contribution in [0.25, 0.3) is 0 Å². The van der Waals surface area contributed by atoms with Crippen molar-refractivity contribution in [3.63, 3.8) is 0 Å². The third kappa shape index (κ3) is 1.71. The molecule has 0 aliphatic rings. The number of H-pyrrole nitrogens is 1. The Balaban J connectivity index is 2.22. The molecule has 2 aromatic rings. The molecule has 0 aliphatic heterocycles. The van der Waals surface area contributed by atoms with E-state index in [2.05, 4.69) is 4.98 Å². The molecule has 2 rings (SSSR count). The van der Waals surface area contributed by atoms with Gasteiger partial charge < -0.3 is 15.2 Å². The summed E-state index contributed by atoms with van der Waals surface area (Å²) in [5, 5.41) is 18.4. The second kappa shape index (κ2) is 3.46. The first-order valence-electron chi connectivity index (χ1n) is 4.39. The molecule has 0 amide bonds. The van der Waals surface area contributed by atoms with Crippen molar-refractivity contribution in [2.75, 3.05) is 0 Å². The highest BCUT2D eigenvalue weighted by Crippen LogP contribution is 2.25. The lowest BCUT2D eigenvalue weighted by molar-refractivity contribution is 0.403.